The molecule has 1 aromatic carbocycles. The van der Waals surface area contributed by atoms with Crippen molar-refractivity contribution in [3.63, 3.8) is 0 Å². The molecule has 0 aromatic heterocycles. The first-order chi connectivity index (χ1) is 9.92. The van der Waals surface area contributed by atoms with Gasteiger partial charge >= 0.3 is 5.97 Å². The molecule has 0 radical (unpaired) electrons. The number of hydrogen-bond donors (Lipinski definition) is 4. The number of carbonyl (C=O) groups excluding carboxylic acids is 1. The maximum absolute atomic E-state index is 11.9. The summed E-state index contributed by atoms with van der Waals surface area (Å²) in [5.41, 5.74) is 6.67. The Morgan fingerprint density at radius 2 is 2.19 bits per heavy atom. The third-order valence-electron chi connectivity index (χ3n) is 3.18. The normalized spacial score (nSPS) is 16.6. The third kappa shape index (κ3) is 3.08. The van der Waals surface area contributed by atoms with Crippen molar-refractivity contribution in [2.75, 3.05) is 10.6 Å². The number of carboxylic acids is 1. The van der Waals surface area contributed by atoms with Crippen LogP contribution in [0.1, 0.15) is 18.4 Å². The second kappa shape index (κ2) is 5.75. The van der Waals surface area contributed by atoms with E-state index in [0.29, 0.717) is 11.3 Å². The molecule has 0 spiro atoms. The second-order valence-electron chi connectivity index (χ2n) is 4.61. The summed E-state index contributed by atoms with van der Waals surface area (Å²) in [5.74, 6) is -1.43. The molecule has 112 valence electrons. The number of nitro groups is 1. The molecule has 9 heteroatoms. The van der Waals surface area contributed by atoms with Crippen molar-refractivity contribution in [3.05, 3.63) is 27.8 Å². The van der Waals surface area contributed by atoms with E-state index in [1.807, 2.05) is 0 Å². The first-order valence-electron chi connectivity index (χ1n) is 6.23. The number of amides is 1. The largest absolute Gasteiger partial charge is 0.481 e. The quantitative estimate of drug-likeness (QED) is 0.460. The number of fused-ring (bicyclic) bond motifs is 1. The van der Waals surface area contributed by atoms with Crippen molar-refractivity contribution in [1.29, 1.82) is 0 Å². The second-order valence-corrected chi connectivity index (χ2v) is 4.61. The van der Waals surface area contributed by atoms with Gasteiger partial charge in [-0.1, -0.05) is 0 Å². The Kier molecular flexibility index (Phi) is 4.03. The minimum absolute atomic E-state index is 0.0541. The summed E-state index contributed by atoms with van der Waals surface area (Å²) < 4.78 is 0. The zero-order valence-corrected chi connectivity index (χ0v) is 11.0. The van der Waals surface area contributed by atoms with E-state index >= 15 is 0 Å². The minimum atomic E-state index is -1.00. The van der Waals surface area contributed by atoms with Crippen molar-refractivity contribution in [2.24, 2.45) is 5.73 Å². The van der Waals surface area contributed by atoms with Crippen LogP contribution < -0.4 is 16.4 Å². The van der Waals surface area contributed by atoms with Gasteiger partial charge < -0.3 is 21.5 Å². The molecule has 0 fully saturated rings. The maximum Gasteiger partial charge on any atom is 0.303 e. The summed E-state index contributed by atoms with van der Waals surface area (Å²) in [7, 11) is 0. The highest BCUT2D eigenvalue weighted by molar-refractivity contribution is 6.04. The number of aliphatic carboxylic acids is 1. The Hall–Kier alpha value is -2.68. The number of carboxylic acid groups (broad SMARTS) is 1. The molecule has 1 aliphatic heterocycles. The number of benzene rings is 1. The van der Waals surface area contributed by atoms with Crippen LogP contribution in [0, 0.1) is 10.1 Å². The van der Waals surface area contributed by atoms with Gasteiger partial charge in [-0.3, -0.25) is 19.7 Å². The molecule has 2 rings (SSSR count). The summed E-state index contributed by atoms with van der Waals surface area (Å²) >= 11 is 0. The fourth-order valence-corrected chi connectivity index (χ4v) is 2.15. The molecule has 1 aromatic rings. The summed E-state index contributed by atoms with van der Waals surface area (Å²) in [5, 5.41) is 25.0. The molecular weight excluding hydrogens is 280 g/mol. The zero-order chi connectivity index (χ0) is 15.6. The number of hydrogen-bond acceptors (Lipinski definition) is 6. The number of anilines is 2. The summed E-state index contributed by atoms with van der Waals surface area (Å²) in [6.07, 6.45) is -0.0486. The van der Waals surface area contributed by atoms with Gasteiger partial charge in [-0.2, -0.15) is 0 Å². The standard InChI is InChI=1S/C12H14N4O5/c13-5-6-3-7(16(20)21)4-9-11(6)14-8(12(19)15-9)1-2-10(17)18/h3-4,8,14H,1-2,5,13H2,(H,15,19)(H,17,18). The number of carbonyl (C=O) groups is 2. The maximum atomic E-state index is 11.9. The van der Waals surface area contributed by atoms with E-state index in [1.54, 1.807) is 0 Å². The molecular formula is C12H14N4O5. The van der Waals surface area contributed by atoms with Crippen LogP contribution >= 0.6 is 0 Å². The van der Waals surface area contributed by atoms with Gasteiger partial charge in [0.25, 0.3) is 5.69 Å². The predicted molar refractivity (Wildman–Crippen MR) is 73.9 cm³/mol. The lowest BCUT2D eigenvalue weighted by Gasteiger charge is -2.28. The Labute approximate surface area is 119 Å². The van der Waals surface area contributed by atoms with Crippen LogP contribution in [0.25, 0.3) is 0 Å². The lowest BCUT2D eigenvalue weighted by molar-refractivity contribution is -0.384. The van der Waals surface area contributed by atoms with Crippen LogP contribution in [-0.4, -0.2) is 27.9 Å². The van der Waals surface area contributed by atoms with Crippen LogP contribution in [0.4, 0.5) is 17.1 Å². The van der Waals surface area contributed by atoms with Gasteiger partial charge in [0.05, 0.1) is 16.3 Å². The highest BCUT2D eigenvalue weighted by Gasteiger charge is 2.29. The zero-order valence-electron chi connectivity index (χ0n) is 11.0. The number of rotatable bonds is 5. The van der Waals surface area contributed by atoms with E-state index in [0.717, 1.165) is 0 Å². The fraction of sp³-hybridized carbons (Fsp3) is 0.333. The number of nitrogens with one attached hydrogen (secondary N) is 2. The van der Waals surface area contributed by atoms with Gasteiger partial charge in [-0.15, -0.1) is 0 Å². The van der Waals surface area contributed by atoms with E-state index in [-0.39, 0.29) is 30.8 Å². The van der Waals surface area contributed by atoms with Crippen LogP contribution in [-0.2, 0) is 16.1 Å². The van der Waals surface area contributed by atoms with Crippen molar-refractivity contribution in [2.45, 2.75) is 25.4 Å². The molecule has 0 saturated carbocycles. The average Bonchev–Trinajstić information content (AvgIpc) is 2.43. The monoisotopic (exact) mass is 294 g/mol. The number of nitrogens with two attached hydrogens (primary N) is 1. The van der Waals surface area contributed by atoms with E-state index in [1.165, 1.54) is 12.1 Å². The number of non-ortho nitro benzene ring substituents is 1. The van der Waals surface area contributed by atoms with Crippen molar-refractivity contribution in [3.8, 4) is 0 Å². The SMILES string of the molecule is NCc1cc([N+](=O)[O-])cc2c1NC(CCC(=O)O)C(=O)N2. The first kappa shape index (κ1) is 14.7. The molecule has 1 atom stereocenters. The predicted octanol–water partition coefficient (Wildman–Crippen LogP) is 0.651. The van der Waals surface area contributed by atoms with E-state index in [9.17, 15) is 19.7 Å². The first-order valence-corrected chi connectivity index (χ1v) is 6.23. The van der Waals surface area contributed by atoms with Gasteiger partial charge in [0.15, 0.2) is 0 Å². The Balaban J connectivity index is 2.32. The molecule has 1 heterocycles. The lowest BCUT2D eigenvalue weighted by atomic mass is 10.0. The van der Waals surface area contributed by atoms with Gasteiger partial charge in [-0.05, 0) is 12.0 Å². The van der Waals surface area contributed by atoms with Crippen LogP contribution in [0.5, 0.6) is 0 Å². The van der Waals surface area contributed by atoms with Crippen molar-refractivity contribution >= 4 is 28.9 Å². The van der Waals surface area contributed by atoms with Gasteiger partial charge in [-0.25, -0.2) is 0 Å². The van der Waals surface area contributed by atoms with Gasteiger partial charge in [0, 0.05) is 25.1 Å². The summed E-state index contributed by atoms with van der Waals surface area (Å²) in [4.78, 5) is 32.7. The fourth-order valence-electron chi connectivity index (χ4n) is 2.15. The van der Waals surface area contributed by atoms with Gasteiger partial charge in [0.1, 0.15) is 6.04 Å². The highest BCUT2D eigenvalue weighted by Crippen LogP contribution is 2.35. The van der Waals surface area contributed by atoms with Crippen molar-refractivity contribution < 1.29 is 19.6 Å². The molecule has 9 nitrogen and oxygen atoms in total. The van der Waals surface area contributed by atoms with Gasteiger partial charge in [0.2, 0.25) is 5.91 Å². The Morgan fingerprint density at radius 1 is 1.48 bits per heavy atom. The Bertz CT molecular complexity index is 616. The highest BCUT2D eigenvalue weighted by atomic mass is 16.6. The summed E-state index contributed by atoms with van der Waals surface area (Å²) in [6.45, 7) is 0.0541. The molecule has 0 saturated heterocycles. The molecule has 1 aliphatic rings. The summed E-state index contributed by atoms with van der Waals surface area (Å²) in [6, 6.07) is 1.87. The number of nitrogens with zero attached hydrogens (tertiary/aromatic N) is 1. The molecule has 21 heavy (non-hydrogen) atoms. The molecule has 0 bridgehead atoms. The third-order valence-corrected chi connectivity index (χ3v) is 3.18. The molecule has 1 amide bonds. The van der Waals surface area contributed by atoms with Crippen LogP contribution in [0.15, 0.2) is 12.1 Å². The lowest BCUT2D eigenvalue weighted by Crippen LogP contribution is -2.39. The molecule has 1 unspecified atom stereocenters. The average molecular weight is 294 g/mol. The van der Waals surface area contributed by atoms with Crippen LogP contribution in [0.2, 0.25) is 0 Å². The smallest absolute Gasteiger partial charge is 0.303 e. The van der Waals surface area contributed by atoms with E-state index in [2.05, 4.69) is 10.6 Å². The topological polar surface area (TPSA) is 148 Å². The Morgan fingerprint density at radius 3 is 2.76 bits per heavy atom. The number of nitro benzene ring substituents is 1. The molecule has 0 aliphatic carbocycles. The minimum Gasteiger partial charge on any atom is -0.481 e. The van der Waals surface area contributed by atoms with E-state index < -0.39 is 22.8 Å². The van der Waals surface area contributed by atoms with E-state index in [4.69, 9.17) is 10.8 Å². The van der Waals surface area contributed by atoms with Crippen molar-refractivity contribution in [1.82, 2.24) is 0 Å². The molecule has 5 N–H and O–H groups in total. The van der Waals surface area contributed by atoms with Crippen LogP contribution in [0.3, 0.4) is 0 Å².